The van der Waals surface area contributed by atoms with Gasteiger partial charge in [0, 0.05) is 65.4 Å². The third-order valence-electron chi connectivity index (χ3n) is 0. The molecule has 0 saturated heterocycles. The second kappa shape index (κ2) is 10.7. The quantitative estimate of drug-likeness (QED) is 0.496. The van der Waals surface area contributed by atoms with E-state index in [4.69, 9.17) is 9.18 Å². The summed E-state index contributed by atoms with van der Waals surface area (Å²) in [6, 6.07) is 0. The Hall–Kier alpha value is 2.81. The van der Waals surface area contributed by atoms with Crippen LogP contribution in [0.4, 0.5) is 0 Å². The minimum atomic E-state index is -4.29. The molecule has 0 N–H and O–H groups in total. The first kappa shape index (κ1) is 15.9. The van der Waals surface area contributed by atoms with Crippen molar-refractivity contribution in [2.45, 2.75) is 0 Å². The summed E-state index contributed by atoms with van der Waals surface area (Å²) in [7, 11) is 0. The van der Waals surface area contributed by atoms with Gasteiger partial charge in [-0.05, 0) is 0 Å². The molecule has 0 aliphatic rings. The fraction of sp³-hybridized carbons (Fsp3) is 0. The van der Waals surface area contributed by atoms with Crippen LogP contribution in [0.1, 0.15) is 0 Å². The summed E-state index contributed by atoms with van der Waals surface area (Å²) in [6.07, 6.45) is 0. The van der Waals surface area contributed by atoms with Gasteiger partial charge in [0.05, 0.1) is 0 Å². The maximum atomic E-state index is 8.61. The molecule has 0 unspecified atom stereocenters. The molecule has 0 heterocycles. The minimum absolute atomic E-state index is 0. The van der Waals surface area contributed by atoms with Crippen molar-refractivity contribution >= 4 is 0 Å². The second-order valence-corrected chi connectivity index (χ2v) is 1.48. The number of rotatable bonds is 0. The molecule has 3 nitrogen and oxygen atoms in total. The minimum Gasteiger partial charge on any atom is 0 e. The predicted octanol–water partition coefficient (Wildman–Crippen LogP) is -2.50. The van der Waals surface area contributed by atoms with Gasteiger partial charge in [-0.2, -0.15) is 0 Å². The topological polar surface area (TPSA) is 63.2 Å². The molecule has 0 aliphatic carbocycles. The summed E-state index contributed by atoms with van der Waals surface area (Å²) in [4.78, 5) is 0. The van der Waals surface area contributed by atoms with E-state index in [2.05, 4.69) is 0 Å². The van der Waals surface area contributed by atoms with Crippen molar-refractivity contribution in [2.75, 3.05) is 0 Å². The summed E-state index contributed by atoms with van der Waals surface area (Å²) in [5.74, 6) is 0. The Morgan fingerprint density at radius 3 is 1.17 bits per heavy atom. The van der Waals surface area contributed by atoms with Crippen LogP contribution in [0, 0.1) is 0 Å². The van der Waals surface area contributed by atoms with E-state index < -0.39 is 22.6 Å². The largest absolute Gasteiger partial charge is 0 e. The molecular weight excluding hydrogens is 317 g/mol. The van der Waals surface area contributed by atoms with Crippen LogP contribution in [0.5, 0.6) is 0 Å². The third kappa shape index (κ3) is 29.1. The smallest absolute Gasteiger partial charge is 0 e. The maximum Gasteiger partial charge on any atom is 0 e. The number of hydrogen-bond acceptors (Lipinski definition) is 3. The molecule has 0 aliphatic heterocycles. The van der Waals surface area contributed by atoms with Crippen molar-refractivity contribution in [2.24, 2.45) is 0 Å². The Morgan fingerprint density at radius 1 is 1.17 bits per heavy atom. The molecule has 0 aromatic rings. The fourth-order valence-electron chi connectivity index (χ4n) is 0. The molecule has 6 heavy (non-hydrogen) atoms. The normalized spacial score (nSPS) is 4.33. The van der Waals surface area contributed by atoms with Gasteiger partial charge in [0.1, 0.15) is 0 Å². The summed E-state index contributed by atoms with van der Waals surface area (Å²) in [5, 5.41) is 0. The van der Waals surface area contributed by atoms with Gasteiger partial charge in [0.15, 0.2) is 0 Å². The van der Waals surface area contributed by atoms with Crippen LogP contribution < -0.4 is 6.37 Å². The van der Waals surface area contributed by atoms with Crippen LogP contribution >= 0.6 is 0 Å². The van der Waals surface area contributed by atoms with Gasteiger partial charge in [0.25, 0.3) is 0 Å². The maximum absolute atomic E-state index is 8.61. The van der Waals surface area contributed by atoms with Crippen LogP contribution in [0.2, 0.25) is 0 Å². The van der Waals surface area contributed by atoms with Crippen LogP contribution in [-0.4, -0.2) is 0 Å². The standard InChI is InChI=1S/3O.2Y.Zr/q;2*-1;;;. The van der Waals surface area contributed by atoms with Gasteiger partial charge in [-0.1, -0.05) is 0 Å². The average molecular weight is 317 g/mol. The molecule has 0 spiro atoms. The van der Waals surface area contributed by atoms with E-state index in [0.29, 0.717) is 0 Å². The van der Waals surface area contributed by atoms with E-state index in [1.165, 1.54) is 0 Å². The average Bonchev–Trinajstić information content (AvgIpc) is 0.811. The summed E-state index contributed by atoms with van der Waals surface area (Å²) >= 11 is -4.29. The zero-order valence-electron chi connectivity index (χ0n) is 2.88. The van der Waals surface area contributed by atoms with Crippen LogP contribution in [0.25, 0.3) is 0 Å². The van der Waals surface area contributed by atoms with Crippen molar-refractivity contribution in [1.29, 1.82) is 0 Å². The van der Waals surface area contributed by atoms with Crippen LogP contribution in [-0.2, 0) is 90.9 Å². The first-order valence-corrected chi connectivity index (χ1v) is 3.62. The van der Waals surface area contributed by atoms with Crippen molar-refractivity contribution < 1.29 is 97.2 Å². The van der Waals surface area contributed by atoms with Crippen molar-refractivity contribution in [3.8, 4) is 0 Å². The van der Waals surface area contributed by atoms with E-state index in [-0.39, 0.29) is 65.4 Å². The third-order valence-corrected chi connectivity index (χ3v) is 0. The van der Waals surface area contributed by atoms with Crippen LogP contribution in [0.15, 0.2) is 0 Å². The summed E-state index contributed by atoms with van der Waals surface area (Å²) in [5.41, 5.74) is 0. The molecule has 0 aromatic heterocycles. The van der Waals surface area contributed by atoms with E-state index in [1.54, 1.807) is 0 Å². The monoisotopic (exact) mass is 316 g/mol. The zero-order chi connectivity index (χ0) is 3.58. The van der Waals surface area contributed by atoms with Gasteiger partial charge < -0.3 is 0 Å². The Morgan fingerprint density at radius 2 is 1.17 bits per heavy atom. The Labute approximate surface area is 95.0 Å². The second-order valence-electron chi connectivity index (χ2n) is 0.250. The predicted molar refractivity (Wildman–Crippen MR) is 0.686 cm³/mol. The van der Waals surface area contributed by atoms with Crippen molar-refractivity contribution in [3.05, 3.63) is 0 Å². The van der Waals surface area contributed by atoms with E-state index in [0.717, 1.165) is 0 Å². The first-order chi connectivity index (χ1) is 1.73. The molecular formula is O3Y2Zr-2. The Balaban J connectivity index is -0.0000000450. The molecule has 0 saturated carbocycles. The van der Waals surface area contributed by atoms with Crippen molar-refractivity contribution in [3.63, 3.8) is 0 Å². The van der Waals surface area contributed by atoms with Crippen molar-refractivity contribution in [1.82, 2.24) is 0 Å². The van der Waals surface area contributed by atoms with Gasteiger partial charge in [0.2, 0.25) is 0 Å². The van der Waals surface area contributed by atoms with Gasteiger partial charge in [-0.15, -0.1) is 0 Å². The SMILES string of the molecule is [O]=[Zr]([O-])[O-].[Y].[Y]. The van der Waals surface area contributed by atoms with Gasteiger partial charge in [-0.25, -0.2) is 0 Å². The molecule has 0 bridgehead atoms. The fourth-order valence-corrected chi connectivity index (χ4v) is 0. The number of hydrogen-bond donors (Lipinski definition) is 0. The molecule has 0 rings (SSSR count). The molecule has 2 radical (unpaired) electrons. The summed E-state index contributed by atoms with van der Waals surface area (Å²) < 4.78 is 25.8. The Kier molecular flexibility index (Phi) is 28.5. The van der Waals surface area contributed by atoms with E-state index in [9.17, 15) is 0 Å². The molecule has 30 valence electrons. The zero-order valence-corrected chi connectivity index (χ0v) is 11.0. The Bertz CT molecular complexity index is 31.8. The molecule has 0 amide bonds. The van der Waals surface area contributed by atoms with E-state index in [1.807, 2.05) is 0 Å². The summed E-state index contributed by atoms with van der Waals surface area (Å²) in [6.45, 7) is 0. The van der Waals surface area contributed by atoms with Gasteiger partial charge in [-0.3, -0.25) is 0 Å². The van der Waals surface area contributed by atoms with Gasteiger partial charge >= 0.3 is 31.8 Å². The molecule has 0 fully saturated rings. The molecule has 6 heteroatoms. The van der Waals surface area contributed by atoms with Crippen LogP contribution in [0.3, 0.4) is 0 Å². The molecule has 0 atom stereocenters. The first-order valence-electron chi connectivity index (χ1n) is 0.612. The molecule has 0 aromatic carbocycles. The van der Waals surface area contributed by atoms with E-state index >= 15 is 0 Å².